The molecule has 1 aliphatic rings. The number of rotatable bonds is 5. The molecule has 2 atom stereocenters. The van der Waals surface area contributed by atoms with Crippen molar-refractivity contribution in [2.24, 2.45) is 5.92 Å². The summed E-state index contributed by atoms with van der Waals surface area (Å²) in [5.41, 5.74) is 0.500. The number of aromatic carboxylic acids is 1. The van der Waals surface area contributed by atoms with Crippen LogP contribution in [0, 0.1) is 5.92 Å². The largest absolute Gasteiger partial charge is 0.489 e. The Labute approximate surface area is 135 Å². The molecule has 0 radical (unpaired) electrons. The van der Waals surface area contributed by atoms with Gasteiger partial charge in [-0.25, -0.2) is 4.79 Å². The summed E-state index contributed by atoms with van der Waals surface area (Å²) in [6, 6.07) is 4.47. The summed E-state index contributed by atoms with van der Waals surface area (Å²) < 4.78 is 11.1. The first-order valence-electron chi connectivity index (χ1n) is 7.83. The number of anilines is 1. The van der Waals surface area contributed by atoms with Crippen LogP contribution >= 0.6 is 0 Å². The van der Waals surface area contributed by atoms with Gasteiger partial charge in [-0.15, -0.1) is 0 Å². The zero-order chi connectivity index (χ0) is 17.0. The first-order valence-corrected chi connectivity index (χ1v) is 7.83. The minimum Gasteiger partial charge on any atom is -0.489 e. The van der Waals surface area contributed by atoms with Gasteiger partial charge in [0.15, 0.2) is 0 Å². The zero-order valence-corrected chi connectivity index (χ0v) is 13.7. The van der Waals surface area contributed by atoms with Gasteiger partial charge < -0.3 is 19.9 Å². The van der Waals surface area contributed by atoms with E-state index in [2.05, 4.69) is 5.32 Å². The number of ether oxygens (including phenoxy) is 2. The van der Waals surface area contributed by atoms with E-state index >= 15 is 0 Å². The standard InChI is InChI=1S/C17H23NO5/c1-10(2)23-15-5-4-13(17(20)21)9-14(15)18-16(19)12-6-7-22-11(3)8-12/h4-5,9-12H,6-8H2,1-3H3,(H,18,19)(H,20,21). The molecular formula is C17H23NO5. The Bertz CT molecular complexity index is 584. The highest BCUT2D eigenvalue weighted by Gasteiger charge is 2.26. The maximum Gasteiger partial charge on any atom is 0.335 e. The molecule has 6 nitrogen and oxygen atoms in total. The molecular weight excluding hydrogens is 298 g/mol. The first kappa shape index (κ1) is 17.3. The minimum absolute atomic E-state index is 0.0521. The number of carboxylic acid groups (broad SMARTS) is 1. The maximum absolute atomic E-state index is 12.5. The Morgan fingerprint density at radius 1 is 1.39 bits per heavy atom. The van der Waals surface area contributed by atoms with Gasteiger partial charge in [0.2, 0.25) is 5.91 Å². The first-order chi connectivity index (χ1) is 10.9. The van der Waals surface area contributed by atoms with Crippen LogP contribution in [0.2, 0.25) is 0 Å². The molecule has 0 saturated carbocycles. The van der Waals surface area contributed by atoms with Crippen molar-refractivity contribution in [3.63, 3.8) is 0 Å². The molecule has 1 aromatic carbocycles. The van der Waals surface area contributed by atoms with Gasteiger partial charge in [-0.1, -0.05) is 0 Å². The van der Waals surface area contributed by atoms with Crippen molar-refractivity contribution in [3.05, 3.63) is 23.8 Å². The van der Waals surface area contributed by atoms with Gasteiger partial charge in [0.1, 0.15) is 5.75 Å². The molecule has 126 valence electrons. The predicted octanol–water partition coefficient (Wildman–Crippen LogP) is 2.93. The summed E-state index contributed by atoms with van der Waals surface area (Å²) in [6.45, 7) is 6.25. The van der Waals surface area contributed by atoms with Gasteiger partial charge in [-0.3, -0.25) is 4.79 Å². The van der Waals surface area contributed by atoms with Gasteiger partial charge in [-0.05, 0) is 51.8 Å². The summed E-state index contributed by atoms with van der Waals surface area (Å²) in [5.74, 6) is -0.842. The third-order valence-corrected chi connectivity index (χ3v) is 3.70. The van der Waals surface area contributed by atoms with E-state index in [9.17, 15) is 9.59 Å². The van der Waals surface area contributed by atoms with Gasteiger partial charge in [-0.2, -0.15) is 0 Å². The van der Waals surface area contributed by atoms with E-state index in [1.165, 1.54) is 12.1 Å². The fraction of sp³-hybridized carbons (Fsp3) is 0.529. The van der Waals surface area contributed by atoms with E-state index in [1.807, 2.05) is 20.8 Å². The number of benzene rings is 1. The average Bonchev–Trinajstić information content (AvgIpc) is 2.48. The molecule has 2 unspecified atom stereocenters. The van der Waals surface area contributed by atoms with Crippen molar-refractivity contribution in [3.8, 4) is 5.75 Å². The van der Waals surface area contributed by atoms with Gasteiger partial charge in [0, 0.05) is 12.5 Å². The van der Waals surface area contributed by atoms with Crippen LogP contribution in [0.5, 0.6) is 5.75 Å². The molecule has 1 saturated heterocycles. The second kappa shape index (κ2) is 7.46. The lowest BCUT2D eigenvalue weighted by Gasteiger charge is -2.26. The Morgan fingerprint density at radius 3 is 2.74 bits per heavy atom. The van der Waals surface area contributed by atoms with Crippen molar-refractivity contribution in [1.82, 2.24) is 0 Å². The molecule has 2 N–H and O–H groups in total. The normalized spacial score (nSPS) is 21.0. The topological polar surface area (TPSA) is 84.9 Å². The Morgan fingerprint density at radius 2 is 2.13 bits per heavy atom. The lowest BCUT2D eigenvalue weighted by Crippen LogP contribution is -2.32. The Balaban J connectivity index is 2.19. The van der Waals surface area contributed by atoms with Crippen LogP contribution in [0.3, 0.4) is 0 Å². The van der Waals surface area contributed by atoms with Crippen molar-refractivity contribution in [1.29, 1.82) is 0 Å². The quantitative estimate of drug-likeness (QED) is 0.871. The Hall–Kier alpha value is -2.08. The number of amides is 1. The number of carbonyl (C=O) groups excluding carboxylic acids is 1. The van der Waals surface area contributed by atoms with Crippen LogP contribution in [-0.4, -0.2) is 35.8 Å². The van der Waals surface area contributed by atoms with Crippen molar-refractivity contribution in [2.45, 2.75) is 45.8 Å². The average molecular weight is 321 g/mol. The monoisotopic (exact) mass is 321 g/mol. The molecule has 0 bridgehead atoms. The van der Waals surface area contributed by atoms with E-state index < -0.39 is 5.97 Å². The smallest absolute Gasteiger partial charge is 0.335 e. The van der Waals surface area contributed by atoms with Crippen molar-refractivity contribution < 1.29 is 24.2 Å². The molecule has 1 aromatic rings. The lowest BCUT2D eigenvalue weighted by molar-refractivity contribution is -0.124. The zero-order valence-electron chi connectivity index (χ0n) is 13.7. The van der Waals surface area contributed by atoms with Crippen LogP contribution in [0.4, 0.5) is 5.69 Å². The van der Waals surface area contributed by atoms with Crippen LogP contribution < -0.4 is 10.1 Å². The highest BCUT2D eigenvalue weighted by molar-refractivity contribution is 5.96. The summed E-state index contributed by atoms with van der Waals surface area (Å²) in [4.78, 5) is 23.6. The van der Waals surface area contributed by atoms with Gasteiger partial charge in [0.05, 0.1) is 23.5 Å². The number of carbonyl (C=O) groups is 2. The molecule has 1 amide bonds. The number of carboxylic acids is 1. The minimum atomic E-state index is -1.05. The van der Waals surface area contributed by atoms with E-state index in [4.69, 9.17) is 14.6 Å². The molecule has 0 aromatic heterocycles. The van der Waals surface area contributed by atoms with E-state index in [1.54, 1.807) is 6.07 Å². The summed E-state index contributed by atoms with van der Waals surface area (Å²) >= 11 is 0. The molecule has 2 rings (SSSR count). The van der Waals surface area contributed by atoms with Gasteiger partial charge >= 0.3 is 5.97 Å². The second-order valence-corrected chi connectivity index (χ2v) is 6.07. The summed E-state index contributed by atoms with van der Waals surface area (Å²) in [5, 5.41) is 11.9. The molecule has 6 heteroatoms. The van der Waals surface area contributed by atoms with E-state index in [-0.39, 0.29) is 29.6 Å². The number of hydrogen-bond donors (Lipinski definition) is 2. The molecule has 0 spiro atoms. The molecule has 1 heterocycles. The van der Waals surface area contributed by atoms with Crippen molar-refractivity contribution in [2.75, 3.05) is 11.9 Å². The molecule has 0 aliphatic carbocycles. The number of hydrogen-bond acceptors (Lipinski definition) is 4. The third kappa shape index (κ3) is 4.69. The highest BCUT2D eigenvalue weighted by atomic mass is 16.5. The lowest BCUT2D eigenvalue weighted by atomic mass is 9.95. The van der Waals surface area contributed by atoms with Gasteiger partial charge in [0.25, 0.3) is 0 Å². The van der Waals surface area contributed by atoms with E-state index in [0.29, 0.717) is 30.9 Å². The van der Waals surface area contributed by atoms with Crippen molar-refractivity contribution >= 4 is 17.6 Å². The SMILES string of the molecule is CC(C)Oc1ccc(C(=O)O)cc1NC(=O)C1CCOC(C)C1. The van der Waals surface area contributed by atoms with Crippen LogP contribution in [0.15, 0.2) is 18.2 Å². The predicted molar refractivity (Wildman–Crippen MR) is 85.9 cm³/mol. The van der Waals surface area contributed by atoms with Crippen LogP contribution in [0.1, 0.15) is 44.0 Å². The molecule has 1 fully saturated rings. The fourth-order valence-corrected chi connectivity index (χ4v) is 2.59. The van der Waals surface area contributed by atoms with Crippen LogP contribution in [0.25, 0.3) is 0 Å². The highest BCUT2D eigenvalue weighted by Crippen LogP contribution is 2.29. The molecule has 1 aliphatic heterocycles. The maximum atomic E-state index is 12.5. The van der Waals surface area contributed by atoms with Crippen LogP contribution in [-0.2, 0) is 9.53 Å². The second-order valence-electron chi connectivity index (χ2n) is 6.07. The fourth-order valence-electron chi connectivity index (χ4n) is 2.59. The molecule has 23 heavy (non-hydrogen) atoms. The number of nitrogens with one attached hydrogen (secondary N) is 1. The summed E-state index contributed by atoms with van der Waals surface area (Å²) in [6.07, 6.45) is 1.29. The third-order valence-electron chi connectivity index (χ3n) is 3.70. The Kier molecular flexibility index (Phi) is 5.60. The van der Waals surface area contributed by atoms with E-state index in [0.717, 1.165) is 0 Å². The summed E-state index contributed by atoms with van der Waals surface area (Å²) in [7, 11) is 0.